The molecule has 2 aliphatic rings. The Morgan fingerprint density at radius 3 is 2.50 bits per heavy atom. The molecule has 8 heteroatoms. The summed E-state index contributed by atoms with van der Waals surface area (Å²) in [7, 11) is 3.16. The van der Waals surface area contributed by atoms with Crippen molar-refractivity contribution in [3.8, 4) is 28.7 Å². The van der Waals surface area contributed by atoms with Crippen molar-refractivity contribution in [1.29, 1.82) is 0 Å². The Labute approximate surface area is 234 Å². The van der Waals surface area contributed by atoms with Gasteiger partial charge in [-0.2, -0.15) is 0 Å². The van der Waals surface area contributed by atoms with E-state index in [0.29, 0.717) is 29.6 Å². The Balaban J connectivity index is 1.71. The molecule has 3 aromatic carbocycles. The molecule has 210 valence electrons. The maximum atomic E-state index is 13.9. The lowest BCUT2D eigenvalue weighted by molar-refractivity contribution is -0.147. The molecule has 0 aromatic heterocycles. The minimum atomic E-state index is -0.616. The molecular weight excluding hydrogens is 512 g/mol. The largest absolute Gasteiger partial charge is 0.497 e. The Morgan fingerprint density at radius 2 is 1.73 bits per heavy atom. The summed E-state index contributed by atoms with van der Waals surface area (Å²) in [5.41, 5.74) is 3.70. The molecule has 1 aliphatic carbocycles. The van der Waals surface area contributed by atoms with Crippen LogP contribution in [0.4, 0.5) is 0 Å². The highest BCUT2D eigenvalue weighted by molar-refractivity contribution is 5.80. The van der Waals surface area contributed by atoms with E-state index in [-0.39, 0.29) is 32.1 Å². The molecule has 1 heterocycles. The van der Waals surface area contributed by atoms with Crippen molar-refractivity contribution in [2.45, 2.75) is 25.2 Å². The quantitative estimate of drug-likeness (QED) is 0.160. The summed E-state index contributed by atoms with van der Waals surface area (Å²) in [5, 5.41) is 0. The lowest BCUT2D eigenvalue weighted by Crippen LogP contribution is -2.27. The van der Waals surface area contributed by atoms with Crippen LogP contribution in [0.2, 0.25) is 0 Å². The second-order valence-corrected chi connectivity index (χ2v) is 9.61. The smallest absolute Gasteiger partial charge is 0.311 e. The number of hydrogen-bond donors (Lipinski definition) is 0. The molecule has 40 heavy (non-hydrogen) atoms. The summed E-state index contributed by atoms with van der Waals surface area (Å²) in [4.78, 5) is 13.9. The van der Waals surface area contributed by atoms with E-state index in [9.17, 15) is 4.79 Å². The topological polar surface area (TPSA) is 81.7 Å². The predicted octanol–water partition coefficient (Wildman–Crippen LogP) is 5.82. The van der Waals surface area contributed by atoms with Gasteiger partial charge in [0.15, 0.2) is 18.3 Å². The molecule has 0 saturated carbocycles. The molecule has 5 rings (SSSR count). The van der Waals surface area contributed by atoms with Crippen molar-refractivity contribution < 1.29 is 38.0 Å². The van der Waals surface area contributed by atoms with Gasteiger partial charge >= 0.3 is 5.97 Å². The van der Waals surface area contributed by atoms with Crippen molar-refractivity contribution >= 4 is 5.97 Å². The number of ether oxygens (including phenoxy) is 7. The molecular formula is C32H34O8. The van der Waals surface area contributed by atoms with Crippen LogP contribution in [0.1, 0.15) is 47.4 Å². The van der Waals surface area contributed by atoms with Gasteiger partial charge in [0.2, 0.25) is 6.79 Å². The second kappa shape index (κ2) is 12.3. The lowest BCUT2D eigenvalue weighted by atomic mass is 9.79. The van der Waals surface area contributed by atoms with Crippen LogP contribution in [0.15, 0.2) is 67.3 Å². The predicted molar refractivity (Wildman–Crippen MR) is 149 cm³/mol. The number of methoxy groups -OCH3 is 2. The Morgan fingerprint density at radius 1 is 0.925 bits per heavy atom. The SMILES string of the molecule is C=CCOC(=O)[C@H]1[C@H](c2ccc(OC)cc2OCOC)c2cc(OCCC)ccc2[C@@H]1c1ccc2c(c1)OCO2. The van der Waals surface area contributed by atoms with E-state index in [4.69, 9.17) is 33.2 Å². The summed E-state index contributed by atoms with van der Waals surface area (Å²) in [5.74, 6) is 1.56. The third kappa shape index (κ3) is 5.31. The third-order valence-electron chi connectivity index (χ3n) is 7.18. The van der Waals surface area contributed by atoms with Gasteiger partial charge in [-0.25, -0.2) is 0 Å². The molecule has 0 amide bonds. The standard InChI is InChI=1S/C32H34O8/c1-5-13-36-22-9-10-23-25(16-22)30(24-11-8-21(35-4)17-27(24)38-18-34-3)31(32(33)37-14-6-2)29(23)20-7-12-26-28(15-20)40-19-39-26/h6-12,15-17,29-31H,2,5,13-14,18-19H2,1,3-4H3/t29-,30+,31+/m0/s1. The van der Waals surface area contributed by atoms with E-state index >= 15 is 0 Å². The first kappa shape index (κ1) is 27.4. The second-order valence-electron chi connectivity index (χ2n) is 9.61. The van der Waals surface area contributed by atoms with Crippen molar-refractivity contribution in [1.82, 2.24) is 0 Å². The van der Waals surface area contributed by atoms with Crippen LogP contribution < -0.4 is 23.7 Å². The van der Waals surface area contributed by atoms with Gasteiger partial charge in [0.1, 0.15) is 23.9 Å². The number of rotatable bonds is 12. The number of carbonyl (C=O) groups is 1. The van der Waals surface area contributed by atoms with Crippen LogP contribution >= 0.6 is 0 Å². The number of hydrogen-bond acceptors (Lipinski definition) is 8. The Bertz CT molecular complexity index is 1370. The fraction of sp³-hybridized carbons (Fsp3) is 0.344. The van der Waals surface area contributed by atoms with Crippen molar-refractivity contribution in [3.63, 3.8) is 0 Å². The van der Waals surface area contributed by atoms with Gasteiger partial charge in [-0.15, -0.1) is 0 Å². The summed E-state index contributed by atoms with van der Waals surface area (Å²) in [6.45, 7) is 6.69. The zero-order valence-corrected chi connectivity index (χ0v) is 23.0. The average Bonchev–Trinajstić information content (AvgIpc) is 3.59. The number of benzene rings is 3. The highest BCUT2D eigenvalue weighted by Gasteiger charge is 2.48. The van der Waals surface area contributed by atoms with Crippen molar-refractivity contribution in [2.24, 2.45) is 5.92 Å². The fourth-order valence-electron chi connectivity index (χ4n) is 5.50. The number of carbonyl (C=O) groups excluding carboxylic acids is 1. The molecule has 0 spiro atoms. The van der Waals surface area contributed by atoms with Crippen LogP contribution in [-0.4, -0.2) is 47.0 Å². The first-order valence-corrected chi connectivity index (χ1v) is 13.3. The minimum absolute atomic E-state index is 0.0383. The maximum Gasteiger partial charge on any atom is 0.311 e. The zero-order valence-electron chi connectivity index (χ0n) is 23.0. The minimum Gasteiger partial charge on any atom is -0.497 e. The molecule has 0 saturated heterocycles. The van der Waals surface area contributed by atoms with Gasteiger partial charge in [-0.05, 0) is 53.4 Å². The molecule has 3 aromatic rings. The number of esters is 1. The monoisotopic (exact) mass is 546 g/mol. The van der Waals surface area contributed by atoms with E-state index in [1.165, 1.54) is 0 Å². The maximum absolute atomic E-state index is 13.9. The summed E-state index contributed by atoms with van der Waals surface area (Å²) in [6.07, 6.45) is 2.45. The number of fused-ring (bicyclic) bond motifs is 2. The van der Waals surface area contributed by atoms with Crippen LogP contribution in [0.25, 0.3) is 0 Å². The normalized spacial score (nSPS) is 18.6. The molecule has 0 radical (unpaired) electrons. The molecule has 8 nitrogen and oxygen atoms in total. The van der Waals surface area contributed by atoms with Crippen LogP contribution in [0.3, 0.4) is 0 Å². The molecule has 0 unspecified atom stereocenters. The summed E-state index contributed by atoms with van der Waals surface area (Å²) >= 11 is 0. The zero-order chi connectivity index (χ0) is 28.1. The molecule has 0 bridgehead atoms. The Hall–Kier alpha value is -4.17. The van der Waals surface area contributed by atoms with E-state index < -0.39 is 11.8 Å². The first-order valence-electron chi connectivity index (χ1n) is 13.3. The van der Waals surface area contributed by atoms with E-state index in [1.807, 2.05) is 54.6 Å². The first-order chi connectivity index (χ1) is 19.6. The molecule has 3 atom stereocenters. The molecule has 0 N–H and O–H groups in total. The highest BCUT2D eigenvalue weighted by Crippen LogP contribution is 2.56. The van der Waals surface area contributed by atoms with Gasteiger partial charge in [-0.3, -0.25) is 4.79 Å². The van der Waals surface area contributed by atoms with Crippen LogP contribution in [-0.2, 0) is 14.3 Å². The Kier molecular flexibility index (Phi) is 8.45. The van der Waals surface area contributed by atoms with Gasteiger partial charge < -0.3 is 33.2 Å². The van der Waals surface area contributed by atoms with Gasteiger partial charge in [0.25, 0.3) is 0 Å². The molecule has 0 fully saturated rings. The van der Waals surface area contributed by atoms with Crippen molar-refractivity contribution in [2.75, 3.05) is 41.0 Å². The molecule has 1 aliphatic heterocycles. The van der Waals surface area contributed by atoms with E-state index in [2.05, 4.69) is 13.5 Å². The van der Waals surface area contributed by atoms with Gasteiger partial charge in [-0.1, -0.05) is 37.8 Å². The summed E-state index contributed by atoms with van der Waals surface area (Å²) < 4.78 is 39.7. The lowest BCUT2D eigenvalue weighted by Gasteiger charge is -2.26. The highest BCUT2D eigenvalue weighted by atomic mass is 16.7. The average molecular weight is 547 g/mol. The van der Waals surface area contributed by atoms with E-state index in [1.54, 1.807) is 20.3 Å². The van der Waals surface area contributed by atoms with Crippen LogP contribution in [0.5, 0.6) is 28.7 Å². The van der Waals surface area contributed by atoms with Crippen LogP contribution in [0, 0.1) is 5.92 Å². The van der Waals surface area contributed by atoms with Gasteiger partial charge in [0, 0.05) is 30.6 Å². The summed E-state index contributed by atoms with van der Waals surface area (Å²) in [6, 6.07) is 17.5. The van der Waals surface area contributed by atoms with Crippen molar-refractivity contribution in [3.05, 3.63) is 89.5 Å². The van der Waals surface area contributed by atoms with Gasteiger partial charge in [0.05, 0.1) is 19.6 Å². The fourth-order valence-corrected chi connectivity index (χ4v) is 5.50. The third-order valence-corrected chi connectivity index (χ3v) is 7.18. The van der Waals surface area contributed by atoms with E-state index in [0.717, 1.165) is 34.4 Å².